The van der Waals surface area contributed by atoms with Crippen LogP contribution in [0.5, 0.6) is 0 Å². The number of aromatic amines is 1. The van der Waals surface area contributed by atoms with Crippen LogP contribution in [0.3, 0.4) is 0 Å². The number of imidazole rings is 1. The van der Waals surface area contributed by atoms with Crippen molar-refractivity contribution in [2.45, 2.75) is 25.4 Å². The Hall–Kier alpha value is -2.84. The molecule has 0 aliphatic carbocycles. The summed E-state index contributed by atoms with van der Waals surface area (Å²) in [6.07, 6.45) is -2.39. The molecule has 0 saturated carbocycles. The second-order valence-electron chi connectivity index (χ2n) is 7.26. The first kappa shape index (κ1) is 18.2. The quantitative estimate of drug-likeness (QED) is 0.534. The van der Waals surface area contributed by atoms with Crippen molar-refractivity contribution in [2.24, 2.45) is 0 Å². The lowest BCUT2D eigenvalue weighted by Gasteiger charge is -2.26. The van der Waals surface area contributed by atoms with E-state index in [4.69, 9.17) is 4.74 Å². The van der Waals surface area contributed by atoms with Gasteiger partial charge in [-0.2, -0.15) is 13.2 Å². The van der Waals surface area contributed by atoms with Crippen molar-refractivity contribution < 1.29 is 17.9 Å². The van der Waals surface area contributed by atoms with E-state index in [0.717, 1.165) is 17.6 Å². The standard InChI is InChI=1S/C21H19F3N4O/c22-21(23,24)14-5-6-19-18(7-14)27-20-12-29-11-15(28(19)20)10-25-8-13-9-26-17-4-2-1-3-16(13)17/h1-7,9,15,25-26H,8,10-12H2. The summed E-state index contributed by atoms with van der Waals surface area (Å²) in [4.78, 5) is 7.64. The van der Waals surface area contributed by atoms with Gasteiger partial charge in [0.25, 0.3) is 0 Å². The molecule has 150 valence electrons. The lowest BCUT2D eigenvalue weighted by atomic mass is 10.1. The molecule has 8 heteroatoms. The molecule has 5 nitrogen and oxygen atoms in total. The van der Waals surface area contributed by atoms with Gasteiger partial charge in [-0.15, -0.1) is 0 Å². The summed E-state index contributed by atoms with van der Waals surface area (Å²) in [6.45, 7) is 2.09. The van der Waals surface area contributed by atoms with E-state index in [1.165, 1.54) is 17.0 Å². The smallest absolute Gasteiger partial charge is 0.371 e. The molecule has 2 aromatic heterocycles. The van der Waals surface area contributed by atoms with Gasteiger partial charge in [0.1, 0.15) is 12.4 Å². The van der Waals surface area contributed by atoms with Crippen LogP contribution in [0.2, 0.25) is 0 Å². The minimum Gasteiger partial charge on any atom is -0.371 e. The summed E-state index contributed by atoms with van der Waals surface area (Å²) in [5, 5.41) is 4.63. The number of hydrogen-bond acceptors (Lipinski definition) is 3. The van der Waals surface area contributed by atoms with Gasteiger partial charge in [0.05, 0.1) is 29.2 Å². The van der Waals surface area contributed by atoms with Gasteiger partial charge in [0.15, 0.2) is 0 Å². The van der Waals surface area contributed by atoms with Gasteiger partial charge in [-0.1, -0.05) is 18.2 Å². The van der Waals surface area contributed by atoms with Gasteiger partial charge in [-0.05, 0) is 29.8 Å². The fourth-order valence-corrected chi connectivity index (χ4v) is 4.00. The Kier molecular flexibility index (Phi) is 4.33. The van der Waals surface area contributed by atoms with E-state index in [1.807, 2.05) is 29.0 Å². The highest BCUT2D eigenvalue weighted by Gasteiger charge is 2.32. The molecule has 1 atom stereocenters. The number of benzene rings is 2. The zero-order valence-corrected chi connectivity index (χ0v) is 15.5. The van der Waals surface area contributed by atoms with Crippen LogP contribution in [-0.2, 0) is 24.1 Å². The van der Waals surface area contributed by atoms with E-state index in [0.29, 0.717) is 43.2 Å². The Morgan fingerprint density at radius 1 is 1.21 bits per heavy atom. The molecule has 4 aromatic rings. The SMILES string of the molecule is FC(F)(F)c1ccc2c(c1)nc1n2C(CNCc2c[nH]c3ccccc23)COC1. The fourth-order valence-electron chi connectivity index (χ4n) is 4.00. The number of H-pyrrole nitrogens is 1. The van der Waals surface area contributed by atoms with Crippen molar-refractivity contribution in [2.75, 3.05) is 13.2 Å². The lowest BCUT2D eigenvalue weighted by Crippen LogP contribution is -2.32. The minimum atomic E-state index is -4.38. The van der Waals surface area contributed by atoms with Crippen LogP contribution in [-0.4, -0.2) is 27.7 Å². The molecule has 0 radical (unpaired) electrons. The topological polar surface area (TPSA) is 54.9 Å². The van der Waals surface area contributed by atoms with Crippen molar-refractivity contribution in [3.63, 3.8) is 0 Å². The molecule has 2 aromatic carbocycles. The molecule has 1 unspecified atom stereocenters. The Morgan fingerprint density at radius 2 is 2.07 bits per heavy atom. The monoisotopic (exact) mass is 400 g/mol. The predicted octanol–water partition coefficient (Wildman–Crippen LogP) is 4.40. The molecule has 0 amide bonds. The van der Waals surface area contributed by atoms with Crippen LogP contribution in [0.1, 0.15) is 23.0 Å². The number of rotatable bonds is 4. The maximum atomic E-state index is 13.0. The number of halogens is 3. The van der Waals surface area contributed by atoms with Crippen molar-refractivity contribution >= 4 is 21.9 Å². The van der Waals surface area contributed by atoms with Crippen LogP contribution < -0.4 is 5.32 Å². The molecule has 1 aliphatic heterocycles. The second-order valence-corrected chi connectivity index (χ2v) is 7.26. The van der Waals surface area contributed by atoms with Gasteiger partial charge in [-0.3, -0.25) is 0 Å². The third-order valence-electron chi connectivity index (χ3n) is 5.37. The van der Waals surface area contributed by atoms with E-state index in [2.05, 4.69) is 21.4 Å². The molecule has 0 fully saturated rings. The lowest BCUT2D eigenvalue weighted by molar-refractivity contribution is -0.137. The molecular formula is C21H19F3N4O. The molecule has 2 N–H and O–H groups in total. The van der Waals surface area contributed by atoms with Crippen molar-refractivity contribution in [1.29, 1.82) is 0 Å². The highest BCUT2D eigenvalue weighted by Crippen LogP contribution is 2.33. The zero-order valence-electron chi connectivity index (χ0n) is 15.5. The number of para-hydroxylation sites is 1. The third-order valence-corrected chi connectivity index (χ3v) is 5.37. The van der Waals surface area contributed by atoms with Crippen LogP contribution in [0.25, 0.3) is 21.9 Å². The van der Waals surface area contributed by atoms with Crippen LogP contribution >= 0.6 is 0 Å². The van der Waals surface area contributed by atoms with Gasteiger partial charge in [0, 0.05) is 30.2 Å². The molecule has 5 rings (SSSR count). The highest BCUT2D eigenvalue weighted by atomic mass is 19.4. The molecule has 0 spiro atoms. The number of fused-ring (bicyclic) bond motifs is 4. The van der Waals surface area contributed by atoms with Crippen LogP contribution in [0.4, 0.5) is 13.2 Å². The van der Waals surface area contributed by atoms with E-state index in [1.54, 1.807) is 0 Å². The van der Waals surface area contributed by atoms with E-state index >= 15 is 0 Å². The largest absolute Gasteiger partial charge is 0.416 e. The fraction of sp³-hybridized carbons (Fsp3) is 0.286. The number of hydrogen-bond donors (Lipinski definition) is 2. The molecule has 29 heavy (non-hydrogen) atoms. The van der Waals surface area contributed by atoms with Crippen molar-refractivity contribution in [1.82, 2.24) is 19.9 Å². The summed E-state index contributed by atoms with van der Waals surface area (Å²) in [6, 6.07) is 11.8. The summed E-state index contributed by atoms with van der Waals surface area (Å²) in [7, 11) is 0. The molecule has 1 aliphatic rings. The first-order valence-corrected chi connectivity index (χ1v) is 9.42. The Bertz CT molecular complexity index is 1180. The Morgan fingerprint density at radius 3 is 2.93 bits per heavy atom. The van der Waals surface area contributed by atoms with E-state index in [-0.39, 0.29) is 6.04 Å². The maximum Gasteiger partial charge on any atom is 0.416 e. The highest BCUT2D eigenvalue weighted by molar-refractivity contribution is 5.83. The number of alkyl halides is 3. The van der Waals surface area contributed by atoms with Gasteiger partial charge in [-0.25, -0.2) is 4.98 Å². The van der Waals surface area contributed by atoms with E-state index in [9.17, 15) is 13.2 Å². The van der Waals surface area contributed by atoms with Gasteiger partial charge < -0.3 is 19.6 Å². The first-order chi connectivity index (χ1) is 14.0. The summed E-state index contributed by atoms with van der Waals surface area (Å²) >= 11 is 0. The molecule has 3 heterocycles. The van der Waals surface area contributed by atoms with Crippen molar-refractivity contribution in [3.05, 3.63) is 65.6 Å². The zero-order chi connectivity index (χ0) is 20.0. The number of ether oxygens (including phenoxy) is 1. The van der Waals surface area contributed by atoms with Crippen LogP contribution in [0, 0.1) is 0 Å². The van der Waals surface area contributed by atoms with Crippen molar-refractivity contribution in [3.8, 4) is 0 Å². The summed E-state index contributed by atoms with van der Waals surface area (Å²) < 4.78 is 46.7. The minimum absolute atomic E-state index is 0.0364. The number of nitrogens with one attached hydrogen (secondary N) is 2. The summed E-state index contributed by atoms with van der Waals surface area (Å²) in [5.41, 5.74) is 2.63. The average molecular weight is 400 g/mol. The van der Waals surface area contributed by atoms with Crippen LogP contribution in [0.15, 0.2) is 48.7 Å². The van der Waals surface area contributed by atoms with E-state index < -0.39 is 11.7 Å². The third kappa shape index (κ3) is 3.28. The number of aromatic nitrogens is 3. The predicted molar refractivity (Wildman–Crippen MR) is 103 cm³/mol. The average Bonchev–Trinajstić information content (AvgIpc) is 3.28. The first-order valence-electron chi connectivity index (χ1n) is 9.42. The van der Waals surface area contributed by atoms with Gasteiger partial charge >= 0.3 is 6.18 Å². The maximum absolute atomic E-state index is 13.0. The molecule has 0 saturated heterocycles. The van der Waals surface area contributed by atoms with Gasteiger partial charge in [0.2, 0.25) is 0 Å². The number of nitrogens with zero attached hydrogens (tertiary/aromatic N) is 2. The summed E-state index contributed by atoms with van der Waals surface area (Å²) in [5.74, 6) is 0.657. The second kappa shape index (κ2) is 6.89. The normalized spacial score (nSPS) is 17.1. The molecular weight excluding hydrogens is 381 g/mol. The molecule has 0 bridgehead atoms. The Labute approximate surface area is 164 Å². The Balaban J connectivity index is 1.37.